The molecule has 0 spiro atoms. The van der Waals surface area contributed by atoms with Gasteiger partial charge in [-0.1, -0.05) is 0 Å². The molecule has 3 aromatic rings. The molecule has 168 valence electrons. The number of aromatic amines is 1. The van der Waals surface area contributed by atoms with E-state index in [4.69, 9.17) is 0 Å². The number of piperidine rings is 1. The highest BCUT2D eigenvalue weighted by molar-refractivity contribution is 5.94. The van der Waals surface area contributed by atoms with Gasteiger partial charge in [-0.2, -0.15) is 13.2 Å². The number of aryl methyl sites for hydroxylation is 1. The number of benzene rings is 2. The largest absolute Gasteiger partial charge is 0.416 e. The van der Waals surface area contributed by atoms with Crippen molar-refractivity contribution in [3.8, 4) is 0 Å². The number of fused-ring (bicyclic) bond motifs is 1. The molecule has 0 bridgehead atoms. The molecule has 9 heteroatoms. The van der Waals surface area contributed by atoms with Crippen molar-refractivity contribution in [2.75, 3.05) is 18.4 Å². The number of hydrogen-bond acceptors (Lipinski definition) is 4. The van der Waals surface area contributed by atoms with E-state index >= 15 is 0 Å². The van der Waals surface area contributed by atoms with Gasteiger partial charge in [-0.15, -0.1) is 0 Å². The maximum atomic E-state index is 13.6. The number of H-pyrrole nitrogens is 1. The maximum absolute atomic E-state index is 13.6. The van der Waals surface area contributed by atoms with Crippen LogP contribution in [0, 0.1) is 6.92 Å². The van der Waals surface area contributed by atoms with Gasteiger partial charge in [0.25, 0.3) is 11.5 Å². The summed E-state index contributed by atoms with van der Waals surface area (Å²) in [6, 6.07) is 8.82. The summed E-state index contributed by atoms with van der Waals surface area (Å²) >= 11 is 0. The Bertz CT molecular complexity index is 1200. The molecule has 2 heterocycles. The molecule has 1 saturated heterocycles. The quantitative estimate of drug-likeness (QED) is 0.622. The molecular weight excluding hydrogens is 421 g/mol. The van der Waals surface area contributed by atoms with Gasteiger partial charge in [0.05, 0.1) is 16.5 Å². The van der Waals surface area contributed by atoms with Gasteiger partial charge in [0, 0.05) is 30.9 Å². The van der Waals surface area contributed by atoms with E-state index in [0.29, 0.717) is 11.3 Å². The molecule has 2 N–H and O–H groups in total. The maximum Gasteiger partial charge on any atom is 0.416 e. The second-order valence-corrected chi connectivity index (χ2v) is 7.96. The lowest BCUT2D eigenvalue weighted by atomic mass is 10.0. The van der Waals surface area contributed by atoms with E-state index in [2.05, 4.69) is 15.3 Å². The summed E-state index contributed by atoms with van der Waals surface area (Å²) in [7, 11) is 0. The van der Waals surface area contributed by atoms with Crippen LogP contribution in [0.2, 0.25) is 0 Å². The fraction of sp³-hybridized carbons (Fsp3) is 0.348. The van der Waals surface area contributed by atoms with Gasteiger partial charge < -0.3 is 15.2 Å². The van der Waals surface area contributed by atoms with Gasteiger partial charge >= 0.3 is 6.18 Å². The van der Waals surface area contributed by atoms with E-state index in [1.165, 1.54) is 13.0 Å². The number of alkyl halides is 3. The number of nitrogens with one attached hydrogen (secondary N) is 2. The summed E-state index contributed by atoms with van der Waals surface area (Å²) in [4.78, 5) is 33.1. The predicted octanol–water partition coefficient (Wildman–Crippen LogP) is 4.49. The molecule has 1 aromatic heterocycles. The summed E-state index contributed by atoms with van der Waals surface area (Å²) in [6.45, 7) is 2.86. The molecule has 0 saturated carbocycles. The van der Waals surface area contributed by atoms with Crippen LogP contribution in [-0.4, -0.2) is 33.9 Å². The Labute approximate surface area is 182 Å². The second kappa shape index (κ2) is 8.64. The number of carbonyl (C=O) groups is 1. The van der Waals surface area contributed by atoms with Gasteiger partial charge in [-0.25, -0.2) is 4.98 Å². The molecule has 4 rings (SSSR count). The lowest BCUT2D eigenvalue weighted by Gasteiger charge is -2.26. The number of rotatable bonds is 4. The second-order valence-electron chi connectivity index (χ2n) is 7.96. The molecule has 0 atom stereocenters. The SMILES string of the molecule is Cc1nc2cc(C(F)(F)F)c(CNc3ccc(C(=O)N4CCCCC4)cc3)cc2c(=O)[nH]1. The van der Waals surface area contributed by atoms with Crippen molar-refractivity contribution in [2.24, 2.45) is 0 Å². The Morgan fingerprint density at radius 3 is 2.47 bits per heavy atom. The van der Waals surface area contributed by atoms with Crippen LogP contribution in [0.15, 0.2) is 41.2 Å². The van der Waals surface area contributed by atoms with Crippen LogP contribution < -0.4 is 10.9 Å². The first-order valence-corrected chi connectivity index (χ1v) is 10.5. The third-order valence-electron chi connectivity index (χ3n) is 5.61. The van der Waals surface area contributed by atoms with Crippen molar-refractivity contribution in [2.45, 2.75) is 38.9 Å². The summed E-state index contributed by atoms with van der Waals surface area (Å²) < 4.78 is 40.9. The number of aromatic nitrogens is 2. The monoisotopic (exact) mass is 444 g/mol. The van der Waals surface area contributed by atoms with Gasteiger partial charge in [0.1, 0.15) is 5.82 Å². The molecule has 0 unspecified atom stereocenters. The Kier molecular flexibility index (Phi) is 5.90. The summed E-state index contributed by atoms with van der Waals surface area (Å²) in [6.07, 6.45) is -1.47. The van der Waals surface area contributed by atoms with E-state index < -0.39 is 17.3 Å². The molecule has 2 aromatic carbocycles. The van der Waals surface area contributed by atoms with Crippen LogP contribution in [-0.2, 0) is 12.7 Å². The van der Waals surface area contributed by atoms with Crippen molar-refractivity contribution in [1.82, 2.24) is 14.9 Å². The average Bonchev–Trinajstić information content (AvgIpc) is 2.77. The Morgan fingerprint density at radius 1 is 1.12 bits per heavy atom. The molecule has 0 aliphatic carbocycles. The number of anilines is 1. The number of amides is 1. The van der Waals surface area contributed by atoms with Crippen molar-refractivity contribution in [3.63, 3.8) is 0 Å². The standard InChI is InChI=1S/C23H23F3N4O2/c1-14-28-20-12-19(23(24,25)26)16(11-18(20)21(31)29-14)13-27-17-7-5-15(6-8-17)22(32)30-9-3-2-4-10-30/h5-8,11-12,27H,2-4,9-10,13H2,1H3,(H,28,29,31). The van der Waals surface area contributed by atoms with Gasteiger partial charge in [0.15, 0.2) is 0 Å². The minimum absolute atomic E-state index is 0.00269. The number of hydrogen-bond donors (Lipinski definition) is 2. The fourth-order valence-corrected chi connectivity index (χ4v) is 3.97. The van der Waals surface area contributed by atoms with Gasteiger partial charge in [0.2, 0.25) is 0 Å². The molecule has 6 nitrogen and oxygen atoms in total. The van der Waals surface area contributed by atoms with Gasteiger partial charge in [-0.3, -0.25) is 9.59 Å². The molecule has 1 aliphatic heterocycles. The highest BCUT2D eigenvalue weighted by atomic mass is 19.4. The van der Waals surface area contributed by atoms with E-state index in [-0.39, 0.29) is 34.7 Å². The lowest BCUT2D eigenvalue weighted by molar-refractivity contribution is -0.138. The van der Waals surface area contributed by atoms with Crippen molar-refractivity contribution in [3.05, 3.63) is 69.3 Å². The van der Waals surface area contributed by atoms with Crippen molar-refractivity contribution in [1.29, 1.82) is 0 Å². The Balaban J connectivity index is 1.55. The average molecular weight is 444 g/mol. The molecular formula is C23H23F3N4O2. The minimum atomic E-state index is -4.59. The molecule has 32 heavy (non-hydrogen) atoms. The lowest BCUT2D eigenvalue weighted by Crippen LogP contribution is -2.35. The van der Waals surface area contributed by atoms with Crippen LogP contribution >= 0.6 is 0 Å². The first-order chi connectivity index (χ1) is 15.2. The normalized spacial score (nSPS) is 14.6. The summed E-state index contributed by atoms with van der Waals surface area (Å²) in [5.41, 5.74) is -0.260. The zero-order valence-corrected chi connectivity index (χ0v) is 17.6. The number of halogens is 3. The molecule has 1 fully saturated rings. The smallest absolute Gasteiger partial charge is 0.381 e. The highest BCUT2D eigenvalue weighted by Crippen LogP contribution is 2.34. The fourth-order valence-electron chi connectivity index (χ4n) is 3.97. The van der Waals surface area contributed by atoms with Crippen LogP contribution in [0.1, 0.15) is 46.6 Å². The number of carbonyl (C=O) groups excluding carboxylic acids is 1. The van der Waals surface area contributed by atoms with Crippen molar-refractivity contribution < 1.29 is 18.0 Å². The summed E-state index contributed by atoms with van der Waals surface area (Å²) in [5, 5.41) is 3.06. The van der Waals surface area contributed by atoms with Crippen LogP contribution in [0.4, 0.5) is 18.9 Å². The van der Waals surface area contributed by atoms with Crippen LogP contribution in [0.3, 0.4) is 0 Å². The van der Waals surface area contributed by atoms with E-state index in [0.717, 1.165) is 38.4 Å². The van der Waals surface area contributed by atoms with Crippen molar-refractivity contribution >= 4 is 22.5 Å². The molecule has 1 amide bonds. The zero-order valence-electron chi connectivity index (χ0n) is 17.6. The predicted molar refractivity (Wildman–Crippen MR) is 116 cm³/mol. The van der Waals surface area contributed by atoms with Crippen LogP contribution in [0.25, 0.3) is 10.9 Å². The number of likely N-dealkylation sites (tertiary alicyclic amines) is 1. The van der Waals surface area contributed by atoms with Crippen LogP contribution in [0.5, 0.6) is 0 Å². The third kappa shape index (κ3) is 4.61. The van der Waals surface area contributed by atoms with E-state index in [1.807, 2.05) is 4.90 Å². The Morgan fingerprint density at radius 2 is 1.81 bits per heavy atom. The first kappa shape index (κ1) is 21.9. The molecule has 0 radical (unpaired) electrons. The van der Waals surface area contributed by atoms with E-state index in [1.54, 1.807) is 24.3 Å². The van der Waals surface area contributed by atoms with E-state index in [9.17, 15) is 22.8 Å². The highest BCUT2D eigenvalue weighted by Gasteiger charge is 2.34. The minimum Gasteiger partial charge on any atom is -0.381 e. The molecule has 1 aliphatic rings. The zero-order chi connectivity index (χ0) is 22.9. The number of nitrogens with zero attached hydrogens (tertiary/aromatic N) is 2. The Hall–Kier alpha value is -3.36. The van der Waals surface area contributed by atoms with Gasteiger partial charge in [-0.05, 0) is 68.1 Å². The third-order valence-corrected chi connectivity index (χ3v) is 5.61. The topological polar surface area (TPSA) is 78.1 Å². The first-order valence-electron chi connectivity index (χ1n) is 10.5. The summed E-state index contributed by atoms with van der Waals surface area (Å²) in [5.74, 6) is 0.216.